The summed E-state index contributed by atoms with van der Waals surface area (Å²) in [5, 5.41) is 10.5. The normalized spacial score (nSPS) is 35.3. The van der Waals surface area contributed by atoms with E-state index in [1.165, 1.54) is 30.4 Å². The smallest absolute Gasteiger partial charge is 0.311 e. The van der Waals surface area contributed by atoms with Gasteiger partial charge in [-0.1, -0.05) is 26.3 Å². The first-order valence-electron chi connectivity index (χ1n) is 10.5. The van der Waals surface area contributed by atoms with Crippen LogP contribution in [0.5, 0.6) is 5.75 Å². The molecule has 1 N–H and O–H groups in total. The van der Waals surface area contributed by atoms with Gasteiger partial charge in [-0.3, -0.25) is 4.79 Å². The molecule has 0 radical (unpaired) electrons. The molecule has 0 bridgehead atoms. The van der Waals surface area contributed by atoms with E-state index < -0.39 is 0 Å². The maximum atomic E-state index is 11.9. The molecule has 0 amide bonds. The van der Waals surface area contributed by atoms with Crippen LogP contribution in [0, 0.1) is 17.3 Å². The molecule has 1 aromatic carbocycles. The molecule has 3 aliphatic carbocycles. The molecule has 4 rings (SSSR count). The van der Waals surface area contributed by atoms with Gasteiger partial charge in [0.15, 0.2) is 0 Å². The lowest BCUT2D eigenvalue weighted by molar-refractivity contribution is -0.134. The number of aliphatic hydroxyl groups is 1. The van der Waals surface area contributed by atoms with Crippen molar-refractivity contribution in [3.8, 4) is 5.75 Å². The minimum atomic E-state index is -0.117. The van der Waals surface area contributed by atoms with E-state index in [1.807, 2.05) is 6.07 Å². The second kappa shape index (κ2) is 6.99. The molecule has 3 aliphatic rings. The van der Waals surface area contributed by atoms with Crippen LogP contribution >= 0.6 is 0 Å². The van der Waals surface area contributed by atoms with Crippen LogP contribution < -0.4 is 4.74 Å². The number of aliphatic hydroxyl groups excluding tert-OH is 1. The van der Waals surface area contributed by atoms with Gasteiger partial charge in [-0.05, 0) is 91.4 Å². The molecule has 26 heavy (non-hydrogen) atoms. The molecule has 142 valence electrons. The first-order valence-corrected chi connectivity index (χ1v) is 10.5. The minimum Gasteiger partial charge on any atom is -0.427 e. The molecule has 0 saturated heterocycles. The third-order valence-electron chi connectivity index (χ3n) is 7.61. The van der Waals surface area contributed by atoms with Crippen molar-refractivity contribution in [3.63, 3.8) is 0 Å². The SMILES string of the molecule is CCCCC(=O)Oc1ccc2c(c1)CC[C@@H]1[C@@H]2CC[C@]2(C)[C@H](O)CC[C@@H]12. The largest absolute Gasteiger partial charge is 0.427 e. The molecule has 0 unspecified atom stereocenters. The zero-order chi connectivity index (χ0) is 18.3. The molecule has 2 saturated carbocycles. The van der Waals surface area contributed by atoms with Gasteiger partial charge in [0.2, 0.25) is 0 Å². The zero-order valence-electron chi connectivity index (χ0n) is 16.2. The molecular formula is C23H32O3. The zero-order valence-corrected chi connectivity index (χ0v) is 16.2. The molecule has 3 heteroatoms. The van der Waals surface area contributed by atoms with Crippen LogP contribution in [0.4, 0.5) is 0 Å². The molecule has 1 aromatic rings. The van der Waals surface area contributed by atoms with E-state index >= 15 is 0 Å². The minimum absolute atomic E-state index is 0.111. The Labute approximate surface area is 157 Å². The van der Waals surface area contributed by atoms with Gasteiger partial charge in [-0.25, -0.2) is 0 Å². The van der Waals surface area contributed by atoms with Crippen molar-refractivity contribution < 1.29 is 14.6 Å². The molecular weight excluding hydrogens is 324 g/mol. The van der Waals surface area contributed by atoms with Gasteiger partial charge in [0.1, 0.15) is 5.75 Å². The van der Waals surface area contributed by atoms with Gasteiger partial charge in [-0.2, -0.15) is 0 Å². The van der Waals surface area contributed by atoms with Gasteiger partial charge < -0.3 is 9.84 Å². The average molecular weight is 357 g/mol. The molecule has 2 fully saturated rings. The number of rotatable bonds is 4. The summed E-state index contributed by atoms with van der Waals surface area (Å²) in [6.45, 7) is 4.40. The predicted molar refractivity (Wildman–Crippen MR) is 102 cm³/mol. The van der Waals surface area contributed by atoms with Gasteiger partial charge in [0, 0.05) is 6.42 Å². The number of unbranched alkanes of at least 4 members (excludes halogenated alkanes) is 1. The lowest BCUT2D eigenvalue weighted by Crippen LogP contribution is -2.43. The highest BCUT2D eigenvalue weighted by atomic mass is 16.5. The summed E-state index contributed by atoms with van der Waals surface area (Å²) in [4.78, 5) is 11.9. The summed E-state index contributed by atoms with van der Waals surface area (Å²) >= 11 is 0. The van der Waals surface area contributed by atoms with Crippen LogP contribution in [0.2, 0.25) is 0 Å². The lowest BCUT2D eigenvalue weighted by atomic mass is 9.55. The summed E-state index contributed by atoms with van der Waals surface area (Å²) < 4.78 is 5.55. The summed E-state index contributed by atoms with van der Waals surface area (Å²) in [5.41, 5.74) is 2.97. The standard InChI is InChI=1S/C23H32O3/c1-3-4-5-22(25)26-16-7-9-17-15(14-16)6-8-19-18(17)12-13-23(2)20(19)10-11-21(23)24/h7,9,14,18-21,24H,3-6,8,10-13H2,1-2H3/t18-,19-,20+,21-,23+/m1/s1. The Morgan fingerprint density at radius 2 is 2.12 bits per heavy atom. The Morgan fingerprint density at radius 1 is 1.27 bits per heavy atom. The van der Waals surface area contributed by atoms with Crippen LogP contribution in [-0.4, -0.2) is 17.2 Å². The van der Waals surface area contributed by atoms with Gasteiger partial charge >= 0.3 is 5.97 Å². The second-order valence-electron chi connectivity index (χ2n) is 8.99. The van der Waals surface area contributed by atoms with E-state index in [9.17, 15) is 9.90 Å². The Bertz CT molecular complexity index is 682. The fraction of sp³-hybridized carbons (Fsp3) is 0.696. The highest BCUT2D eigenvalue weighted by molar-refractivity contribution is 5.72. The van der Waals surface area contributed by atoms with E-state index in [0.717, 1.165) is 32.1 Å². The quantitative estimate of drug-likeness (QED) is 0.610. The number of carbonyl (C=O) groups is 1. The van der Waals surface area contributed by atoms with E-state index in [0.29, 0.717) is 29.9 Å². The predicted octanol–water partition coefficient (Wildman–Crippen LogP) is 5.00. The lowest BCUT2D eigenvalue weighted by Gasteiger charge is -2.50. The molecule has 0 heterocycles. The highest BCUT2D eigenvalue weighted by Gasteiger charge is 2.54. The molecule has 0 spiro atoms. The maximum absolute atomic E-state index is 11.9. The van der Waals surface area contributed by atoms with E-state index in [2.05, 4.69) is 26.0 Å². The fourth-order valence-corrected chi connectivity index (χ4v) is 6.10. The molecule has 0 aromatic heterocycles. The van der Waals surface area contributed by atoms with Crippen molar-refractivity contribution in [1.82, 2.24) is 0 Å². The number of ether oxygens (including phenoxy) is 1. The topological polar surface area (TPSA) is 46.5 Å². The Hall–Kier alpha value is -1.35. The summed E-state index contributed by atoms with van der Waals surface area (Å²) in [6, 6.07) is 6.30. The Morgan fingerprint density at radius 3 is 2.92 bits per heavy atom. The van der Waals surface area contributed by atoms with Crippen LogP contribution in [-0.2, 0) is 11.2 Å². The van der Waals surface area contributed by atoms with E-state index in [1.54, 1.807) is 0 Å². The van der Waals surface area contributed by atoms with Crippen LogP contribution in [0.15, 0.2) is 18.2 Å². The number of carbonyl (C=O) groups excluding carboxylic acids is 1. The average Bonchev–Trinajstić information content (AvgIpc) is 2.94. The highest BCUT2D eigenvalue weighted by Crippen LogP contribution is 2.60. The van der Waals surface area contributed by atoms with E-state index in [4.69, 9.17) is 4.74 Å². The Balaban J connectivity index is 1.52. The van der Waals surface area contributed by atoms with Crippen LogP contribution in [0.1, 0.15) is 82.3 Å². The number of esters is 1. The number of hydrogen-bond acceptors (Lipinski definition) is 3. The van der Waals surface area contributed by atoms with Gasteiger partial charge in [0.05, 0.1) is 6.10 Å². The van der Waals surface area contributed by atoms with E-state index in [-0.39, 0.29) is 17.5 Å². The first-order chi connectivity index (χ1) is 12.5. The van der Waals surface area contributed by atoms with Gasteiger partial charge in [0.25, 0.3) is 0 Å². The monoisotopic (exact) mass is 356 g/mol. The van der Waals surface area contributed by atoms with Crippen molar-refractivity contribution in [2.24, 2.45) is 17.3 Å². The summed E-state index contributed by atoms with van der Waals surface area (Å²) in [7, 11) is 0. The summed E-state index contributed by atoms with van der Waals surface area (Å²) in [5.74, 6) is 2.58. The fourth-order valence-electron chi connectivity index (χ4n) is 6.10. The number of hydrogen-bond donors (Lipinski definition) is 1. The van der Waals surface area contributed by atoms with Crippen molar-refractivity contribution >= 4 is 5.97 Å². The second-order valence-corrected chi connectivity index (χ2v) is 8.99. The molecule has 0 aliphatic heterocycles. The third kappa shape index (κ3) is 2.98. The van der Waals surface area contributed by atoms with Crippen molar-refractivity contribution in [3.05, 3.63) is 29.3 Å². The third-order valence-corrected chi connectivity index (χ3v) is 7.61. The number of benzene rings is 1. The number of aryl methyl sites for hydroxylation is 1. The van der Waals surface area contributed by atoms with Crippen LogP contribution in [0.25, 0.3) is 0 Å². The van der Waals surface area contributed by atoms with Crippen molar-refractivity contribution in [2.45, 2.75) is 83.7 Å². The van der Waals surface area contributed by atoms with Gasteiger partial charge in [-0.15, -0.1) is 0 Å². The first kappa shape index (κ1) is 18.0. The molecule has 5 atom stereocenters. The van der Waals surface area contributed by atoms with Crippen molar-refractivity contribution in [1.29, 1.82) is 0 Å². The molecule has 3 nitrogen and oxygen atoms in total. The van der Waals surface area contributed by atoms with Crippen molar-refractivity contribution in [2.75, 3.05) is 0 Å². The Kier molecular flexibility index (Phi) is 4.85. The van der Waals surface area contributed by atoms with Crippen LogP contribution in [0.3, 0.4) is 0 Å². The summed E-state index contributed by atoms with van der Waals surface area (Å²) in [6.07, 6.45) is 9.03. The maximum Gasteiger partial charge on any atom is 0.311 e. The number of fused-ring (bicyclic) bond motifs is 5.